The van der Waals surface area contributed by atoms with Gasteiger partial charge in [-0.15, -0.1) is 0 Å². The molecule has 4 aromatic carbocycles. The second-order valence-corrected chi connectivity index (χ2v) is 12.7. The first-order valence-corrected chi connectivity index (χ1v) is 16.1. The number of carbonyl (C=O) groups is 3. The molecule has 1 fully saturated rings. The monoisotopic (exact) mass is 616 g/mol. The van der Waals surface area contributed by atoms with Crippen LogP contribution in [0.2, 0.25) is 0 Å². The third-order valence-electron chi connectivity index (χ3n) is 9.38. The third kappa shape index (κ3) is 7.37. The number of phenolic OH excluding ortho intramolecular Hbond substituents is 1. The number of aliphatic hydroxyl groups is 1. The second-order valence-electron chi connectivity index (χ2n) is 12.7. The zero-order chi connectivity index (χ0) is 32.0. The van der Waals surface area contributed by atoms with E-state index in [2.05, 4.69) is 5.32 Å². The van der Waals surface area contributed by atoms with E-state index in [0.717, 1.165) is 27.8 Å². The van der Waals surface area contributed by atoms with E-state index in [0.29, 0.717) is 32.1 Å². The van der Waals surface area contributed by atoms with Crippen LogP contribution in [0.25, 0.3) is 0 Å². The third-order valence-corrected chi connectivity index (χ3v) is 9.38. The number of amides is 2. The molecule has 2 amide bonds. The second kappa shape index (κ2) is 14.1. The predicted molar refractivity (Wildman–Crippen MR) is 176 cm³/mol. The van der Waals surface area contributed by atoms with Crippen LogP contribution in [0.15, 0.2) is 109 Å². The Bertz CT molecular complexity index is 1660. The molecule has 0 radical (unpaired) electrons. The van der Waals surface area contributed by atoms with Gasteiger partial charge in [0, 0.05) is 30.7 Å². The summed E-state index contributed by atoms with van der Waals surface area (Å²) in [7, 11) is 0. The average Bonchev–Trinajstić information content (AvgIpc) is 3.53. The lowest BCUT2D eigenvalue weighted by Gasteiger charge is -2.26. The van der Waals surface area contributed by atoms with Crippen LogP contribution in [0.3, 0.4) is 0 Å². The highest BCUT2D eigenvalue weighted by molar-refractivity contribution is 5.92. The lowest BCUT2D eigenvalue weighted by atomic mass is 9.92. The van der Waals surface area contributed by atoms with E-state index in [1.54, 1.807) is 17.0 Å². The molecule has 2 aliphatic rings. The van der Waals surface area contributed by atoms with Crippen molar-refractivity contribution in [2.45, 2.75) is 56.7 Å². The normalized spacial score (nSPS) is 21.2. The summed E-state index contributed by atoms with van der Waals surface area (Å²) in [5.74, 6) is -1.23. The Kier molecular flexibility index (Phi) is 9.60. The van der Waals surface area contributed by atoms with Gasteiger partial charge >= 0.3 is 0 Å². The minimum absolute atomic E-state index is 0.0236. The van der Waals surface area contributed by atoms with Gasteiger partial charge in [0.15, 0.2) is 5.78 Å². The zero-order valence-corrected chi connectivity index (χ0v) is 25.8. The van der Waals surface area contributed by atoms with Gasteiger partial charge in [0.1, 0.15) is 5.75 Å². The van der Waals surface area contributed by atoms with Crippen molar-refractivity contribution in [3.8, 4) is 5.75 Å². The Hall–Kier alpha value is -4.75. The molecule has 1 unspecified atom stereocenters. The van der Waals surface area contributed by atoms with E-state index in [9.17, 15) is 24.6 Å². The first-order chi connectivity index (χ1) is 22.3. The average molecular weight is 617 g/mol. The van der Waals surface area contributed by atoms with E-state index in [1.807, 2.05) is 97.1 Å². The zero-order valence-electron chi connectivity index (χ0n) is 25.8. The van der Waals surface area contributed by atoms with Gasteiger partial charge in [-0.05, 0) is 65.6 Å². The summed E-state index contributed by atoms with van der Waals surface area (Å²) >= 11 is 0. The van der Waals surface area contributed by atoms with Gasteiger partial charge in [0.25, 0.3) is 0 Å². The SMILES string of the molecule is O=C(C[C@@H](Cc1ccccc1)C(=O)NC1c2ccccc2C[C@H]1O)CN1C(=O)[C@@H](Cc2ccccc2)C[C@@H]1Cc1ccc(O)cc1. The number of nitrogens with zero attached hydrogens (tertiary/aromatic N) is 1. The fraction of sp³-hybridized carbons (Fsp3) is 0.308. The van der Waals surface area contributed by atoms with Crippen molar-refractivity contribution in [3.05, 3.63) is 137 Å². The Labute approximate surface area is 269 Å². The van der Waals surface area contributed by atoms with Crippen LogP contribution in [0.1, 0.15) is 46.7 Å². The smallest absolute Gasteiger partial charge is 0.226 e. The van der Waals surface area contributed by atoms with E-state index in [4.69, 9.17) is 0 Å². The fourth-order valence-electron chi connectivity index (χ4n) is 7.05. The van der Waals surface area contributed by atoms with E-state index in [1.165, 1.54) is 0 Å². The molecular weight excluding hydrogens is 576 g/mol. The molecule has 3 N–H and O–H groups in total. The Morgan fingerprint density at radius 3 is 2.15 bits per heavy atom. The number of benzene rings is 4. The number of hydrogen-bond donors (Lipinski definition) is 3. The van der Waals surface area contributed by atoms with Gasteiger partial charge in [0.2, 0.25) is 11.8 Å². The Morgan fingerprint density at radius 1 is 0.804 bits per heavy atom. The summed E-state index contributed by atoms with van der Waals surface area (Å²) in [5, 5.41) is 23.6. The summed E-state index contributed by atoms with van der Waals surface area (Å²) in [6.07, 6.45) is 1.85. The first kappa shape index (κ1) is 31.2. The van der Waals surface area contributed by atoms with Crippen molar-refractivity contribution >= 4 is 17.6 Å². The largest absolute Gasteiger partial charge is 0.508 e. The van der Waals surface area contributed by atoms with Crippen LogP contribution in [-0.2, 0) is 40.1 Å². The van der Waals surface area contributed by atoms with Crippen molar-refractivity contribution in [1.82, 2.24) is 10.2 Å². The number of fused-ring (bicyclic) bond motifs is 1. The van der Waals surface area contributed by atoms with Gasteiger partial charge < -0.3 is 20.4 Å². The summed E-state index contributed by atoms with van der Waals surface area (Å²) in [6, 6.07) is 33.5. The molecule has 1 aliphatic heterocycles. The summed E-state index contributed by atoms with van der Waals surface area (Å²) in [5.41, 5.74) is 4.90. The van der Waals surface area contributed by atoms with Crippen LogP contribution >= 0.6 is 0 Å². The predicted octanol–water partition coefficient (Wildman–Crippen LogP) is 4.99. The molecule has 46 heavy (non-hydrogen) atoms. The molecule has 0 saturated carbocycles. The number of likely N-dealkylation sites (tertiary alicyclic amines) is 1. The highest BCUT2D eigenvalue weighted by Crippen LogP contribution is 2.33. The van der Waals surface area contributed by atoms with Gasteiger partial charge in [-0.2, -0.15) is 0 Å². The van der Waals surface area contributed by atoms with E-state index >= 15 is 0 Å². The maximum absolute atomic E-state index is 13.8. The highest BCUT2D eigenvalue weighted by Gasteiger charge is 2.41. The molecule has 0 spiro atoms. The minimum atomic E-state index is -0.737. The van der Waals surface area contributed by atoms with Crippen molar-refractivity contribution in [2.75, 3.05) is 6.54 Å². The van der Waals surface area contributed by atoms with E-state index < -0.39 is 18.1 Å². The quantitative estimate of drug-likeness (QED) is 0.208. The van der Waals surface area contributed by atoms with Crippen LogP contribution < -0.4 is 5.32 Å². The van der Waals surface area contributed by atoms with Crippen molar-refractivity contribution in [1.29, 1.82) is 0 Å². The Balaban J connectivity index is 1.19. The first-order valence-electron chi connectivity index (χ1n) is 16.1. The fourth-order valence-corrected chi connectivity index (χ4v) is 7.05. The van der Waals surface area contributed by atoms with Crippen LogP contribution in [0.5, 0.6) is 5.75 Å². The molecule has 7 heteroatoms. The lowest BCUT2D eigenvalue weighted by Crippen LogP contribution is -2.42. The molecule has 6 rings (SSSR count). The van der Waals surface area contributed by atoms with Gasteiger partial charge in [0.05, 0.1) is 18.7 Å². The van der Waals surface area contributed by atoms with Crippen LogP contribution in [0, 0.1) is 11.8 Å². The topological polar surface area (TPSA) is 107 Å². The number of rotatable bonds is 12. The summed E-state index contributed by atoms with van der Waals surface area (Å²) < 4.78 is 0. The number of carbonyl (C=O) groups excluding carboxylic acids is 3. The van der Waals surface area contributed by atoms with Crippen LogP contribution in [-0.4, -0.2) is 51.4 Å². The van der Waals surface area contributed by atoms with Crippen molar-refractivity contribution in [3.63, 3.8) is 0 Å². The molecule has 4 aromatic rings. The number of ketones is 1. The van der Waals surface area contributed by atoms with Gasteiger partial charge in [-0.3, -0.25) is 14.4 Å². The van der Waals surface area contributed by atoms with Crippen LogP contribution in [0.4, 0.5) is 0 Å². The number of phenols is 1. The number of aliphatic hydroxyl groups excluding tert-OH is 1. The van der Waals surface area contributed by atoms with E-state index in [-0.39, 0.29) is 48.3 Å². The standard InChI is InChI=1S/C39H40N2O5/c42-33-17-15-28(16-18-33)21-32-22-31(20-27-11-5-2-6-12-27)39(46)41(32)25-34(43)23-30(19-26-9-3-1-4-10-26)38(45)40-37-35-14-8-7-13-29(35)24-36(37)44/h1-18,30-32,36-37,42,44H,19-25H2,(H,40,45)/t30-,31+,32+,36-,37?/m1/s1. The maximum atomic E-state index is 13.8. The molecule has 0 bridgehead atoms. The maximum Gasteiger partial charge on any atom is 0.226 e. The van der Waals surface area contributed by atoms with Crippen molar-refractivity contribution < 1.29 is 24.6 Å². The summed E-state index contributed by atoms with van der Waals surface area (Å²) in [6.45, 7) is -0.0691. The molecule has 236 valence electrons. The molecular formula is C39H40N2O5. The molecule has 0 aromatic heterocycles. The number of Topliss-reactive ketones (excluding diaryl/α,β-unsaturated/α-hetero) is 1. The molecule has 1 heterocycles. The number of hydrogen-bond acceptors (Lipinski definition) is 5. The molecule has 7 nitrogen and oxygen atoms in total. The summed E-state index contributed by atoms with van der Waals surface area (Å²) in [4.78, 5) is 43.1. The molecule has 5 atom stereocenters. The Morgan fingerprint density at radius 2 is 1.43 bits per heavy atom. The highest BCUT2D eigenvalue weighted by atomic mass is 16.3. The van der Waals surface area contributed by atoms with Gasteiger partial charge in [-0.1, -0.05) is 97.1 Å². The number of aromatic hydroxyl groups is 1. The number of nitrogens with one attached hydrogen (secondary N) is 1. The lowest BCUT2D eigenvalue weighted by molar-refractivity contribution is -0.137. The van der Waals surface area contributed by atoms with Crippen molar-refractivity contribution in [2.24, 2.45) is 11.8 Å². The minimum Gasteiger partial charge on any atom is -0.508 e. The molecule has 1 aliphatic carbocycles. The van der Waals surface area contributed by atoms with Gasteiger partial charge in [-0.25, -0.2) is 0 Å². The molecule has 1 saturated heterocycles.